The van der Waals surface area contributed by atoms with Gasteiger partial charge in [0.25, 0.3) is 0 Å². The van der Waals surface area contributed by atoms with Crippen LogP contribution in [0.15, 0.2) is 65.8 Å². The lowest BCUT2D eigenvalue weighted by Crippen LogP contribution is -2.30. The molecule has 3 nitrogen and oxygen atoms in total. The Balaban J connectivity index is 1.48. The molecule has 1 saturated heterocycles. The summed E-state index contributed by atoms with van der Waals surface area (Å²) in [5.74, 6) is 0.253. The number of ketones is 1. The van der Waals surface area contributed by atoms with Crippen LogP contribution in [0.2, 0.25) is 0 Å². The molecule has 4 heteroatoms. The number of carbonyl (C=O) groups is 1. The summed E-state index contributed by atoms with van der Waals surface area (Å²) in [6, 6.07) is 14.8. The van der Waals surface area contributed by atoms with Gasteiger partial charge in [0.05, 0.1) is 4.88 Å². The lowest BCUT2D eigenvalue weighted by Gasteiger charge is -2.30. The van der Waals surface area contributed by atoms with Crippen LogP contribution in [0.5, 0.6) is 0 Å². The Labute approximate surface area is 169 Å². The van der Waals surface area contributed by atoms with Gasteiger partial charge in [0.2, 0.25) is 0 Å². The second-order valence-electron chi connectivity index (χ2n) is 7.53. The van der Waals surface area contributed by atoms with Gasteiger partial charge in [-0.3, -0.25) is 14.7 Å². The molecule has 0 saturated carbocycles. The molecular formula is C24H22N2OS. The molecule has 2 aromatic heterocycles. The smallest absolute Gasteiger partial charge is 0.177 e. The van der Waals surface area contributed by atoms with Gasteiger partial charge in [0.1, 0.15) is 0 Å². The molecule has 1 aliphatic carbocycles. The molecule has 1 aliphatic heterocycles. The molecule has 2 aliphatic rings. The minimum absolute atomic E-state index is 0.253. The molecule has 0 atom stereocenters. The first-order valence-electron chi connectivity index (χ1n) is 9.82. The lowest BCUT2D eigenvalue weighted by molar-refractivity contribution is 0.0997. The third kappa shape index (κ3) is 3.23. The van der Waals surface area contributed by atoms with E-state index in [0.717, 1.165) is 48.5 Å². The van der Waals surface area contributed by atoms with Gasteiger partial charge in [0, 0.05) is 44.0 Å². The van der Waals surface area contributed by atoms with Gasteiger partial charge in [-0.15, -0.1) is 11.3 Å². The first-order valence-corrected chi connectivity index (χ1v) is 10.7. The van der Waals surface area contributed by atoms with Crippen LogP contribution < -0.4 is 0 Å². The van der Waals surface area contributed by atoms with Gasteiger partial charge in [-0.1, -0.05) is 29.8 Å². The molecule has 1 fully saturated rings. The topological polar surface area (TPSA) is 33.2 Å². The van der Waals surface area contributed by atoms with E-state index in [-0.39, 0.29) is 5.78 Å². The van der Waals surface area contributed by atoms with E-state index >= 15 is 0 Å². The summed E-state index contributed by atoms with van der Waals surface area (Å²) in [5, 5.41) is 2.07. The Morgan fingerprint density at radius 1 is 0.964 bits per heavy atom. The zero-order valence-electron chi connectivity index (χ0n) is 15.7. The molecule has 0 unspecified atom stereocenters. The standard InChI is InChI=1S/C24H22N2OS/c27-22-15-19-3-1-2-4-20(19)23(21-9-14-28-24(21)22)18-7-12-26(13-8-18)16-17-5-10-25-11-6-17/h1-6,9-11,14H,7-8,12-13,15-16H2. The largest absolute Gasteiger partial charge is 0.298 e. The van der Waals surface area contributed by atoms with Crippen molar-refractivity contribution in [2.45, 2.75) is 25.8 Å². The molecule has 0 amide bonds. The number of hydrogen-bond donors (Lipinski definition) is 0. The van der Waals surface area contributed by atoms with E-state index in [1.54, 1.807) is 11.3 Å². The highest BCUT2D eigenvalue weighted by atomic mass is 32.1. The second-order valence-corrected chi connectivity index (χ2v) is 8.45. The maximum atomic E-state index is 12.8. The molecular weight excluding hydrogens is 364 g/mol. The van der Waals surface area contributed by atoms with Crippen LogP contribution >= 0.6 is 11.3 Å². The fourth-order valence-electron chi connectivity index (χ4n) is 4.40. The van der Waals surface area contributed by atoms with Crippen LogP contribution in [0.1, 0.15) is 44.8 Å². The number of piperidine rings is 1. The van der Waals surface area contributed by atoms with Crippen LogP contribution in [0, 0.1) is 0 Å². The third-order valence-corrected chi connectivity index (χ3v) is 6.75. The zero-order chi connectivity index (χ0) is 18.9. The predicted octanol–water partition coefficient (Wildman–Crippen LogP) is 4.98. The Hall–Kier alpha value is -2.56. The molecule has 0 radical (unpaired) electrons. The highest BCUT2D eigenvalue weighted by molar-refractivity contribution is 7.12. The molecule has 1 aromatic carbocycles. The van der Waals surface area contributed by atoms with E-state index < -0.39 is 0 Å². The Morgan fingerprint density at radius 3 is 2.57 bits per heavy atom. The molecule has 0 bridgehead atoms. The molecule has 140 valence electrons. The van der Waals surface area contributed by atoms with E-state index in [0.29, 0.717) is 6.42 Å². The van der Waals surface area contributed by atoms with Crippen molar-refractivity contribution in [3.05, 3.63) is 92.9 Å². The van der Waals surface area contributed by atoms with Crippen LogP contribution in [-0.4, -0.2) is 28.8 Å². The van der Waals surface area contributed by atoms with Crippen LogP contribution in [-0.2, 0) is 13.0 Å². The quantitative estimate of drug-likeness (QED) is 0.623. The van der Waals surface area contributed by atoms with Crippen molar-refractivity contribution in [3.8, 4) is 0 Å². The van der Waals surface area contributed by atoms with Crippen molar-refractivity contribution in [1.29, 1.82) is 0 Å². The van der Waals surface area contributed by atoms with Crippen molar-refractivity contribution >= 4 is 22.7 Å². The van der Waals surface area contributed by atoms with E-state index in [9.17, 15) is 4.79 Å². The van der Waals surface area contributed by atoms with Gasteiger partial charge >= 0.3 is 0 Å². The summed E-state index contributed by atoms with van der Waals surface area (Å²) < 4.78 is 0. The summed E-state index contributed by atoms with van der Waals surface area (Å²) in [6.07, 6.45) is 6.35. The number of benzene rings is 1. The van der Waals surface area contributed by atoms with Crippen molar-refractivity contribution in [1.82, 2.24) is 9.88 Å². The molecule has 5 rings (SSSR count). The summed E-state index contributed by atoms with van der Waals surface area (Å²) >= 11 is 1.59. The fraction of sp³-hybridized carbons (Fsp3) is 0.250. The average Bonchev–Trinajstić information content (AvgIpc) is 3.17. The lowest BCUT2D eigenvalue weighted by atomic mass is 9.87. The fourth-order valence-corrected chi connectivity index (χ4v) is 5.24. The van der Waals surface area contributed by atoms with Gasteiger partial charge in [0.15, 0.2) is 5.78 Å². The normalized spacial score (nSPS) is 17.2. The number of carbonyl (C=O) groups excluding carboxylic acids is 1. The minimum atomic E-state index is 0.253. The zero-order valence-corrected chi connectivity index (χ0v) is 16.5. The van der Waals surface area contributed by atoms with Crippen molar-refractivity contribution in [3.63, 3.8) is 0 Å². The monoisotopic (exact) mass is 386 g/mol. The summed E-state index contributed by atoms with van der Waals surface area (Å²) in [6.45, 7) is 3.08. The van der Waals surface area contributed by atoms with Crippen LogP contribution in [0.25, 0.3) is 5.57 Å². The Kier molecular flexibility index (Phi) is 4.67. The van der Waals surface area contributed by atoms with Crippen molar-refractivity contribution in [2.75, 3.05) is 13.1 Å². The minimum Gasteiger partial charge on any atom is -0.298 e. The molecule has 3 aromatic rings. The van der Waals surface area contributed by atoms with Gasteiger partial charge < -0.3 is 0 Å². The summed E-state index contributed by atoms with van der Waals surface area (Å²) in [5.41, 5.74) is 7.70. The highest BCUT2D eigenvalue weighted by Crippen LogP contribution is 2.40. The maximum absolute atomic E-state index is 12.8. The first kappa shape index (κ1) is 17.5. The number of aromatic nitrogens is 1. The van der Waals surface area contributed by atoms with E-state index in [1.165, 1.54) is 22.3 Å². The second kappa shape index (κ2) is 7.46. The summed E-state index contributed by atoms with van der Waals surface area (Å²) in [7, 11) is 0. The Bertz CT molecular complexity index is 1040. The van der Waals surface area contributed by atoms with Gasteiger partial charge in [-0.2, -0.15) is 0 Å². The van der Waals surface area contributed by atoms with Crippen molar-refractivity contribution in [2.24, 2.45) is 0 Å². The number of nitrogens with zero attached hydrogens (tertiary/aromatic N) is 2. The van der Waals surface area contributed by atoms with Crippen molar-refractivity contribution < 1.29 is 4.79 Å². The SMILES string of the molecule is O=C1Cc2ccccc2C(=C2CCN(Cc3ccncc3)CC2)c2ccsc21. The van der Waals surface area contributed by atoms with Gasteiger partial charge in [-0.05, 0) is 58.7 Å². The summed E-state index contributed by atoms with van der Waals surface area (Å²) in [4.78, 5) is 20.3. The molecule has 0 N–H and O–H groups in total. The molecule has 3 heterocycles. The number of fused-ring (bicyclic) bond motifs is 2. The van der Waals surface area contributed by atoms with Crippen LogP contribution in [0.3, 0.4) is 0 Å². The van der Waals surface area contributed by atoms with E-state index in [4.69, 9.17) is 0 Å². The number of thiophene rings is 1. The van der Waals surface area contributed by atoms with E-state index in [1.807, 2.05) is 18.5 Å². The van der Waals surface area contributed by atoms with E-state index in [2.05, 4.69) is 51.7 Å². The number of likely N-dealkylation sites (tertiary alicyclic amines) is 1. The average molecular weight is 387 g/mol. The maximum Gasteiger partial charge on any atom is 0.177 e. The Morgan fingerprint density at radius 2 is 1.75 bits per heavy atom. The van der Waals surface area contributed by atoms with Crippen LogP contribution in [0.4, 0.5) is 0 Å². The predicted molar refractivity (Wildman–Crippen MR) is 114 cm³/mol. The number of rotatable bonds is 2. The highest BCUT2D eigenvalue weighted by Gasteiger charge is 2.27. The third-order valence-electron chi connectivity index (χ3n) is 5.79. The van der Waals surface area contributed by atoms with Gasteiger partial charge in [-0.25, -0.2) is 0 Å². The first-order chi connectivity index (χ1) is 13.8. The number of hydrogen-bond acceptors (Lipinski definition) is 4. The molecule has 0 spiro atoms. The molecule has 28 heavy (non-hydrogen) atoms. The number of Topliss-reactive ketones (excluding diaryl/α,β-unsaturated/α-hetero) is 1. The number of pyridine rings is 1.